The van der Waals surface area contributed by atoms with Gasteiger partial charge >= 0.3 is 12.2 Å². The van der Waals surface area contributed by atoms with Gasteiger partial charge in [-0.1, -0.05) is 62.4 Å². The Morgan fingerprint density at radius 3 is 1.60 bits per heavy atom. The maximum Gasteiger partial charge on any atom is 0.409 e. The number of hydrogen-bond donors (Lipinski definition) is 3. The molecule has 3 N–H and O–H groups in total. The average molecular weight is 777 g/mol. The molecule has 4 bridgehead atoms. The van der Waals surface area contributed by atoms with Crippen molar-refractivity contribution in [1.82, 2.24) is 40.0 Å². The van der Waals surface area contributed by atoms with Crippen LogP contribution >= 0.6 is 0 Å². The highest BCUT2D eigenvalue weighted by Crippen LogP contribution is 2.51. The van der Waals surface area contributed by atoms with Crippen molar-refractivity contribution in [3.05, 3.63) is 72.6 Å². The van der Waals surface area contributed by atoms with E-state index >= 15 is 0 Å². The Kier molecular flexibility index (Phi) is 10.3. The number of carbonyl (C=O) groups excluding carboxylic acids is 4. The summed E-state index contributed by atoms with van der Waals surface area (Å²) >= 11 is 0. The molecule has 8 rings (SSSR count). The summed E-state index contributed by atoms with van der Waals surface area (Å²) in [6.45, 7) is 5.60. The number of likely N-dealkylation sites (N-methyl/N-ethyl adjacent to an activating group) is 1. The van der Waals surface area contributed by atoms with Gasteiger partial charge < -0.3 is 34.6 Å². The highest BCUT2D eigenvalue weighted by molar-refractivity contribution is 5.87. The van der Waals surface area contributed by atoms with Gasteiger partial charge in [0.2, 0.25) is 11.8 Å². The summed E-state index contributed by atoms with van der Waals surface area (Å²) in [5.74, 6) is 1.90. The van der Waals surface area contributed by atoms with Crippen LogP contribution in [0.5, 0.6) is 0 Å². The smallest absolute Gasteiger partial charge is 0.409 e. The number of amides is 4. The van der Waals surface area contributed by atoms with E-state index < -0.39 is 24.3 Å². The van der Waals surface area contributed by atoms with E-state index in [0.717, 1.165) is 83.8 Å². The van der Waals surface area contributed by atoms with E-state index in [-0.39, 0.29) is 41.9 Å². The van der Waals surface area contributed by atoms with Gasteiger partial charge in [0.05, 0.1) is 50.1 Å². The lowest BCUT2D eigenvalue weighted by Gasteiger charge is -2.37. The lowest BCUT2D eigenvalue weighted by Crippen LogP contribution is -2.54. The molecule has 0 spiro atoms. The second-order valence-electron chi connectivity index (χ2n) is 16.5. The molecule has 2 saturated carbocycles. The molecule has 4 aromatic rings. The van der Waals surface area contributed by atoms with Gasteiger partial charge in [0, 0.05) is 19.1 Å². The Hall–Kier alpha value is -5.66. The van der Waals surface area contributed by atoms with Crippen LogP contribution < -0.4 is 5.32 Å². The van der Waals surface area contributed by atoms with E-state index in [1.807, 2.05) is 36.0 Å². The summed E-state index contributed by atoms with van der Waals surface area (Å²) in [4.78, 5) is 73.8. The van der Waals surface area contributed by atoms with Crippen LogP contribution in [-0.4, -0.2) is 104 Å². The van der Waals surface area contributed by atoms with Gasteiger partial charge in [-0.3, -0.25) is 14.5 Å². The van der Waals surface area contributed by atoms with Gasteiger partial charge in [0.25, 0.3) is 0 Å². The van der Waals surface area contributed by atoms with Gasteiger partial charge in [-0.2, -0.15) is 0 Å². The molecule has 2 aromatic heterocycles. The molecule has 0 radical (unpaired) electrons. The quantitative estimate of drug-likeness (QED) is 0.160. The fourth-order valence-electron chi connectivity index (χ4n) is 9.81. The molecule has 4 heterocycles. The SMILES string of the molecule is COC(=O)N[C@H](C(=O)N1[C@@H]2CC[C@H](C2)[C@H]1c1ncc(-c2ccc(-c3ccc(-c4cnc([C@@H]5[C@@H]6CC[C@H](C6)N5C(=O)[C@H](C)N(C)C(=O)OC)[nH]4)cc3)cc2)[nH]1)C(C)C. The third-order valence-corrected chi connectivity index (χ3v) is 12.9. The van der Waals surface area contributed by atoms with Crippen LogP contribution in [0.4, 0.5) is 9.59 Å². The topological polar surface area (TPSA) is 166 Å². The maximum atomic E-state index is 13.9. The molecule has 0 unspecified atom stereocenters. The van der Waals surface area contributed by atoms with E-state index in [1.54, 1.807) is 14.0 Å². The Bertz CT molecular complexity index is 2130. The average Bonchev–Trinajstić information content (AvgIpc) is 4.10. The van der Waals surface area contributed by atoms with E-state index in [0.29, 0.717) is 11.8 Å². The Labute approximate surface area is 332 Å². The first kappa shape index (κ1) is 38.2. The summed E-state index contributed by atoms with van der Waals surface area (Å²) in [6, 6.07) is 15.3. The van der Waals surface area contributed by atoms with E-state index in [4.69, 9.17) is 19.4 Å². The molecule has 2 saturated heterocycles. The van der Waals surface area contributed by atoms with Crippen LogP contribution in [0.2, 0.25) is 0 Å². The second kappa shape index (κ2) is 15.4. The number of rotatable bonds is 10. The van der Waals surface area contributed by atoms with Crippen LogP contribution in [0.3, 0.4) is 0 Å². The molecule has 2 aliphatic heterocycles. The Morgan fingerprint density at radius 2 is 1.16 bits per heavy atom. The number of imidazole rings is 2. The van der Waals surface area contributed by atoms with Gasteiger partial charge in [0.1, 0.15) is 23.7 Å². The molecule has 8 atom stereocenters. The standard InChI is InChI=1S/C43H52N8O6/c1-23(2)35(48-42(54)56-5)41(53)51-32-18-16-30(20-32)37(51)39-45-22-34(47-39)28-13-9-26(10-14-28)25-7-11-27(12-8-25)33-21-44-38(46-33)36-29-15-17-31(19-29)50(36)40(52)24(3)49(4)43(55)57-6/h7-14,21-24,29-32,35-37H,15-20H2,1-6H3,(H,44,46)(H,45,47)(H,48,54)/t24-,29+,30+,31+,32+,35-,36-,37-/m0/s1. The monoisotopic (exact) mass is 776 g/mol. The van der Waals surface area contributed by atoms with E-state index in [2.05, 4.69) is 63.8 Å². The summed E-state index contributed by atoms with van der Waals surface area (Å²) in [7, 11) is 4.21. The highest BCUT2D eigenvalue weighted by atomic mass is 16.5. The third-order valence-electron chi connectivity index (χ3n) is 12.9. The Morgan fingerprint density at radius 1 is 0.702 bits per heavy atom. The fraction of sp³-hybridized carbons (Fsp3) is 0.488. The predicted molar refractivity (Wildman–Crippen MR) is 212 cm³/mol. The second-order valence-corrected chi connectivity index (χ2v) is 16.5. The van der Waals surface area contributed by atoms with Crippen molar-refractivity contribution in [2.75, 3.05) is 21.3 Å². The lowest BCUT2D eigenvalue weighted by molar-refractivity contribution is -0.140. The number of likely N-dealkylation sites (tertiary alicyclic amines) is 2. The van der Waals surface area contributed by atoms with Crippen molar-refractivity contribution in [1.29, 1.82) is 0 Å². The fourth-order valence-corrected chi connectivity index (χ4v) is 9.81. The number of aromatic amines is 2. The number of nitrogens with zero attached hydrogens (tertiary/aromatic N) is 5. The minimum absolute atomic E-state index is 0.0909. The number of nitrogens with one attached hydrogen (secondary N) is 3. The van der Waals surface area contributed by atoms with Crippen LogP contribution in [0.1, 0.15) is 83.0 Å². The normalized spacial score (nSPS) is 24.5. The van der Waals surface area contributed by atoms with Crippen LogP contribution in [0.15, 0.2) is 60.9 Å². The number of ether oxygens (including phenoxy) is 2. The number of methoxy groups -OCH3 is 2. The van der Waals surface area contributed by atoms with Crippen molar-refractivity contribution < 1.29 is 28.7 Å². The number of benzene rings is 2. The van der Waals surface area contributed by atoms with Crippen LogP contribution in [0, 0.1) is 17.8 Å². The highest BCUT2D eigenvalue weighted by Gasteiger charge is 2.52. The van der Waals surface area contributed by atoms with Crippen LogP contribution in [0.25, 0.3) is 33.6 Å². The molecule has 14 heteroatoms. The van der Waals surface area contributed by atoms with Gasteiger partial charge in [0.15, 0.2) is 0 Å². The first-order chi connectivity index (χ1) is 27.5. The molecule has 2 aromatic carbocycles. The molecular weight excluding hydrogens is 725 g/mol. The summed E-state index contributed by atoms with van der Waals surface area (Å²) in [5.41, 5.74) is 5.89. The predicted octanol–water partition coefficient (Wildman–Crippen LogP) is 6.71. The number of H-pyrrole nitrogens is 2. The minimum Gasteiger partial charge on any atom is -0.453 e. The molecule has 4 aliphatic rings. The van der Waals surface area contributed by atoms with Gasteiger partial charge in [-0.15, -0.1) is 0 Å². The maximum absolute atomic E-state index is 13.9. The summed E-state index contributed by atoms with van der Waals surface area (Å²) < 4.78 is 9.68. The molecular formula is C43H52N8O6. The Balaban J connectivity index is 0.949. The third kappa shape index (κ3) is 6.92. The van der Waals surface area contributed by atoms with Crippen molar-refractivity contribution >= 4 is 24.0 Å². The van der Waals surface area contributed by atoms with Gasteiger partial charge in [-0.05, 0) is 85.5 Å². The number of carbonyl (C=O) groups is 4. The molecule has 2 aliphatic carbocycles. The summed E-state index contributed by atoms with van der Waals surface area (Å²) in [5, 5.41) is 2.75. The zero-order valence-corrected chi connectivity index (χ0v) is 33.4. The van der Waals surface area contributed by atoms with Crippen molar-refractivity contribution in [3.8, 4) is 33.6 Å². The van der Waals surface area contributed by atoms with E-state index in [1.165, 1.54) is 19.1 Å². The number of fused-ring (bicyclic) bond motifs is 4. The van der Waals surface area contributed by atoms with E-state index in [9.17, 15) is 19.2 Å². The number of aromatic nitrogens is 4. The number of hydrogen-bond acceptors (Lipinski definition) is 8. The van der Waals surface area contributed by atoms with Crippen LogP contribution in [-0.2, 0) is 19.1 Å². The first-order valence-corrected chi connectivity index (χ1v) is 20.1. The zero-order valence-electron chi connectivity index (χ0n) is 33.4. The molecule has 14 nitrogen and oxygen atoms in total. The largest absolute Gasteiger partial charge is 0.453 e. The first-order valence-electron chi connectivity index (χ1n) is 20.1. The zero-order chi connectivity index (χ0) is 40.1. The number of alkyl carbamates (subject to hydrolysis) is 1. The molecule has 4 fully saturated rings. The summed E-state index contributed by atoms with van der Waals surface area (Å²) in [6.07, 6.45) is 8.40. The van der Waals surface area contributed by atoms with Crippen molar-refractivity contribution in [2.24, 2.45) is 17.8 Å². The van der Waals surface area contributed by atoms with Crippen molar-refractivity contribution in [2.45, 2.75) is 95.5 Å². The molecule has 57 heavy (non-hydrogen) atoms. The molecule has 300 valence electrons. The molecule has 4 amide bonds. The minimum atomic E-state index is -0.680. The van der Waals surface area contributed by atoms with Gasteiger partial charge in [-0.25, -0.2) is 19.6 Å². The lowest BCUT2D eigenvalue weighted by atomic mass is 9.95. The number of piperidine rings is 2. The van der Waals surface area contributed by atoms with Crippen molar-refractivity contribution in [3.63, 3.8) is 0 Å².